The van der Waals surface area contributed by atoms with Gasteiger partial charge in [0.15, 0.2) is 0 Å². The second-order valence-corrected chi connectivity index (χ2v) is 7.16. The highest BCUT2D eigenvalue weighted by molar-refractivity contribution is 7.87. The lowest BCUT2D eigenvalue weighted by molar-refractivity contribution is -0.137. The van der Waals surface area contributed by atoms with Gasteiger partial charge < -0.3 is 4.90 Å². The molecule has 0 unspecified atom stereocenters. The number of nitrogens with zero attached hydrogens (tertiary/aromatic N) is 3. The zero-order valence-electron chi connectivity index (χ0n) is 12.1. The normalized spacial score (nSPS) is 19.9. The predicted molar refractivity (Wildman–Crippen MR) is 75.6 cm³/mol. The summed E-state index contributed by atoms with van der Waals surface area (Å²) in [5, 5.41) is 0. The van der Waals surface area contributed by atoms with Crippen LogP contribution < -0.4 is 9.62 Å². The number of pyridine rings is 1. The SMILES string of the molecule is CN(C)S(=O)(=O)N[C@@H]1CCN(c2ccc(C(F)(F)F)cn2)C1. The molecule has 0 saturated carbocycles. The van der Waals surface area contributed by atoms with Crippen molar-refractivity contribution in [3.63, 3.8) is 0 Å². The number of anilines is 1. The molecule has 0 radical (unpaired) electrons. The van der Waals surface area contributed by atoms with Crippen molar-refractivity contribution in [1.82, 2.24) is 14.0 Å². The lowest BCUT2D eigenvalue weighted by Crippen LogP contribution is -2.43. The molecule has 0 aromatic carbocycles. The zero-order chi connectivity index (χ0) is 16.5. The van der Waals surface area contributed by atoms with E-state index in [9.17, 15) is 21.6 Å². The van der Waals surface area contributed by atoms with Gasteiger partial charge in [-0.2, -0.15) is 30.6 Å². The molecule has 1 fully saturated rings. The van der Waals surface area contributed by atoms with Gasteiger partial charge in [-0.15, -0.1) is 0 Å². The molecule has 1 saturated heterocycles. The van der Waals surface area contributed by atoms with Gasteiger partial charge in [-0.3, -0.25) is 0 Å². The summed E-state index contributed by atoms with van der Waals surface area (Å²) in [6.07, 6.45) is -3.07. The van der Waals surface area contributed by atoms with Gasteiger partial charge in [0.05, 0.1) is 5.56 Å². The van der Waals surface area contributed by atoms with E-state index in [-0.39, 0.29) is 6.04 Å². The van der Waals surface area contributed by atoms with Crippen molar-refractivity contribution in [3.8, 4) is 0 Å². The standard InChI is InChI=1S/C12H17F3N4O2S/c1-18(2)22(20,21)17-10-5-6-19(8-10)11-4-3-9(7-16-11)12(13,14)15/h3-4,7,10,17H,5-6,8H2,1-2H3/t10-/m1/s1. The summed E-state index contributed by atoms with van der Waals surface area (Å²) in [5.41, 5.74) is -0.805. The number of halogens is 3. The largest absolute Gasteiger partial charge is 0.417 e. The number of rotatable bonds is 4. The number of hydrogen-bond acceptors (Lipinski definition) is 4. The van der Waals surface area contributed by atoms with Gasteiger partial charge in [-0.25, -0.2) is 4.98 Å². The Labute approximate surface area is 127 Å². The van der Waals surface area contributed by atoms with Crippen LogP contribution in [-0.2, 0) is 16.4 Å². The van der Waals surface area contributed by atoms with Crippen LogP contribution >= 0.6 is 0 Å². The Hall–Kier alpha value is -1.39. The monoisotopic (exact) mass is 338 g/mol. The molecule has 2 heterocycles. The third-order valence-corrected chi connectivity index (χ3v) is 4.98. The highest BCUT2D eigenvalue weighted by atomic mass is 32.2. The number of nitrogens with one attached hydrogen (secondary N) is 1. The van der Waals surface area contributed by atoms with Crippen LogP contribution in [0.5, 0.6) is 0 Å². The van der Waals surface area contributed by atoms with Gasteiger partial charge >= 0.3 is 6.18 Å². The Morgan fingerprint density at radius 1 is 1.36 bits per heavy atom. The van der Waals surface area contributed by atoms with Crippen LogP contribution in [0.2, 0.25) is 0 Å². The maximum absolute atomic E-state index is 12.5. The molecule has 1 atom stereocenters. The van der Waals surface area contributed by atoms with E-state index in [1.807, 2.05) is 0 Å². The average Bonchev–Trinajstić information content (AvgIpc) is 2.85. The molecular formula is C12H17F3N4O2S. The van der Waals surface area contributed by atoms with Crippen LogP contribution in [0.15, 0.2) is 18.3 Å². The molecule has 1 N–H and O–H groups in total. The molecule has 1 aliphatic rings. The van der Waals surface area contributed by atoms with E-state index in [0.717, 1.165) is 16.6 Å². The van der Waals surface area contributed by atoms with E-state index in [4.69, 9.17) is 0 Å². The molecule has 22 heavy (non-hydrogen) atoms. The van der Waals surface area contributed by atoms with Gasteiger partial charge in [0.1, 0.15) is 5.82 Å². The van der Waals surface area contributed by atoms with Gasteiger partial charge in [0.25, 0.3) is 10.2 Å². The van der Waals surface area contributed by atoms with Gasteiger partial charge in [-0.1, -0.05) is 0 Å². The van der Waals surface area contributed by atoms with Crippen molar-refractivity contribution < 1.29 is 21.6 Å². The summed E-state index contributed by atoms with van der Waals surface area (Å²) in [5.74, 6) is 0.402. The van der Waals surface area contributed by atoms with Gasteiger partial charge in [0.2, 0.25) is 0 Å². The maximum atomic E-state index is 12.5. The van der Waals surface area contributed by atoms with Crippen molar-refractivity contribution in [3.05, 3.63) is 23.9 Å². The molecule has 2 rings (SSSR count). The lowest BCUT2D eigenvalue weighted by atomic mass is 10.3. The second-order valence-electron chi connectivity index (χ2n) is 5.24. The minimum atomic E-state index is -4.42. The minimum absolute atomic E-state index is 0.295. The summed E-state index contributed by atoms with van der Waals surface area (Å²) in [6.45, 7) is 0.893. The fourth-order valence-electron chi connectivity index (χ4n) is 2.12. The van der Waals surface area contributed by atoms with E-state index >= 15 is 0 Å². The third-order valence-electron chi connectivity index (χ3n) is 3.38. The van der Waals surface area contributed by atoms with Crippen LogP contribution in [0.4, 0.5) is 19.0 Å². The maximum Gasteiger partial charge on any atom is 0.417 e. The van der Waals surface area contributed by atoms with E-state index in [1.54, 1.807) is 4.90 Å². The molecule has 0 spiro atoms. The first-order valence-electron chi connectivity index (χ1n) is 6.57. The van der Waals surface area contributed by atoms with Gasteiger partial charge in [0, 0.05) is 39.4 Å². The molecule has 6 nitrogen and oxygen atoms in total. The summed E-state index contributed by atoms with van der Waals surface area (Å²) < 4.78 is 64.6. The summed E-state index contributed by atoms with van der Waals surface area (Å²) in [4.78, 5) is 5.56. The molecule has 0 aliphatic carbocycles. The van der Waals surface area contributed by atoms with Crippen LogP contribution in [0, 0.1) is 0 Å². The molecule has 10 heteroatoms. The molecule has 1 aliphatic heterocycles. The predicted octanol–water partition coefficient (Wildman–Crippen LogP) is 1.08. The van der Waals surface area contributed by atoms with Crippen LogP contribution in [0.3, 0.4) is 0 Å². The molecule has 1 aromatic rings. The summed E-state index contributed by atoms with van der Waals surface area (Å²) >= 11 is 0. The van der Waals surface area contributed by atoms with E-state index < -0.39 is 21.9 Å². The van der Waals surface area contributed by atoms with Crippen molar-refractivity contribution in [1.29, 1.82) is 0 Å². The molecule has 124 valence electrons. The van der Waals surface area contributed by atoms with Crippen molar-refractivity contribution >= 4 is 16.0 Å². The molecule has 0 amide bonds. The van der Waals surface area contributed by atoms with Crippen LogP contribution in [0.1, 0.15) is 12.0 Å². The van der Waals surface area contributed by atoms with E-state index in [2.05, 4.69) is 9.71 Å². The van der Waals surface area contributed by atoms with Crippen molar-refractivity contribution in [2.45, 2.75) is 18.6 Å². The first-order chi connectivity index (χ1) is 10.1. The minimum Gasteiger partial charge on any atom is -0.355 e. The van der Waals surface area contributed by atoms with Crippen LogP contribution in [-0.4, -0.2) is 50.9 Å². The average molecular weight is 338 g/mol. The number of hydrogen-bond donors (Lipinski definition) is 1. The first kappa shape index (κ1) is 17.0. The van der Waals surface area contributed by atoms with E-state index in [0.29, 0.717) is 25.3 Å². The lowest BCUT2D eigenvalue weighted by Gasteiger charge is -2.19. The Kier molecular flexibility index (Phi) is 4.64. The highest BCUT2D eigenvalue weighted by Crippen LogP contribution is 2.29. The Morgan fingerprint density at radius 2 is 2.05 bits per heavy atom. The van der Waals surface area contributed by atoms with Crippen LogP contribution in [0.25, 0.3) is 0 Å². The third kappa shape index (κ3) is 3.87. The molecule has 0 bridgehead atoms. The van der Waals surface area contributed by atoms with E-state index in [1.165, 1.54) is 20.2 Å². The van der Waals surface area contributed by atoms with Gasteiger partial charge in [-0.05, 0) is 18.6 Å². The zero-order valence-corrected chi connectivity index (χ0v) is 12.9. The van der Waals surface area contributed by atoms with Crippen molar-refractivity contribution in [2.75, 3.05) is 32.1 Å². The number of aromatic nitrogens is 1. The van der Waals surface area contributed by atoms with Crippen molar-refractivity contribution in [2.24, 2.45) is 0 Å². The Balaban J connectivity index is 2.02. The quantitative estimate of drug-likeness (QED) is 0.892. The summed E-state index contributed by atoms with van der Waals surface area (Å²) in [6, 6.07) is 1.97. The smallest absolute Gasteiger partial charge is 0.355 e. The summed E-state index contributed by atoms with van der Waals surface area (Å²) in [7, 11) is -0.680. The Morgan fingerprint density at radius 3 is 2.55 bits per heavy atom. The fraction of sp³-hybridized carbons (Fsp3) is 0.583. The molecule has 1 aromatic heterocycles. The molecular weight excluding hydrogens is 321 g/mol. The topological polar surface area (TPSA) is 65.5 Å². The second kappa shape index (κ2) is 6.01. The number of alkyl halides is 3. The first-order valence-corrected chi connectivity index (χ1v) is 8.01. The highest BCUT2D eigenvalue weighted by Gasteiger charge is 2.32. The fourth-order valence-corrected chi connectivity index (χ4v) is 2.95. The Bertz CT molecular complexity index is 616.